The summed E-state index contributed by atoms with van der Waals surface area (Å²) in [5, 5.41) is 3.08. The fourth-order valence-corrected chi connectivity index (χ4v) is 1.26. The lowest BCUT2D eigenvalue weighted by atomic mass is 10.2. The van der Waals surface area contributed by atoms with Gasteiger partial charge in [0.05, 0.1) is 18.3 Å². The van der Waals surface area contributed by atoms with Crippen molar-refractivity contribution in [2.75, 3.05) is 32.7 Å². The molecule has 1 atom stereocenters. The van der Waals surface area contributed by atoms with E-state index in [0.29, 0.717) is 24.5 Å². The largest absolute Gasteiger partial charge is 0.382 e. The number of nitrogens with two attached hydrogens (primary N) is 1. The van der Waals surface area contributed by atoms with Gasteiger partial charge in [-0.2, -0.15) is 0 Å². The second-order valence-corrected chi connectivity index (χ2v) is 3.49. The Bertz CT molecular complexity index is 353. The van der Waals surface area contributed by atoms with E-state index in [9.17, 15) is 4.79 Å². The molecule has 94 valence electrons. The van der Waals surface area contributed by atoms with Crippen molar-refractivity contribution in [3.8, 4) is 0 Å². The number of nitrogens with zero attached hydrogens (tertiary/aromatic N) is 1. The standard InChI is InChI=1S/C11H17N3O3/c1-16-7-9(17-2)6-14-10-4-3-8(5-13-10)11(12)15/h3-5,9H,6-7H2,1-2H3,(H2,12,15)(H,13,14). The van der Waals surface area contributed by atoms with Gasteiger partial charge in [0.25, 0.3) is 0 Å². The van der Waals surface area contributed by atoms with Crippen molar-refractivity contribution in [2.45, 2.75) is 6.10 Å². The van der Waals surface area contributed by atoms with Crippen molar-refractivity contribution < 1.29 is 14.3 Å². The number of rotatable bonds is 7. The van der Waals surface area contributed by atoms with Gasteiger partial charge in [-0.05, 0) is 12.1 Å². The van der Waals surface area contributed by atoms with E-state index >= 15 is 0 Å². The minimum Gasteiger partial charge on any atom is -0.382 e. The third kappa shape index (κ3) is 4.38. The number of hydrogen-bond acceptors (Lipinski definition) is 5. The van der Waals surface area contributed by atoms with Crippen molar-refractivity contribution in [2.24, 2.45) is 5.73 Å². The van der Waals surface area contributed by atoms with E-state index in [1.54, 1.807) is 26.4 Å². The number of aromatic nitrogens is 1. The maximum atomic E-state index is 10.8. The third-order valence-corrected chi connectivity index (χ3v) is 2.24. The van der Waals surface area contributed by atoms with Crippen LogP contribution in [0, 0.1) is 0 Å². The average Bonchev–Trinajstić information content (AvgIpc) is 2.35. The smallest absolute Gasteiger partial charge is 0.250 e. The van der Waals surface area contributed by atoms with Gasteiger partial charge in [0, 0.05) is 27.0 Å². The molecule has 0 aliphatic carbocycles. The van der Waals surface area contributed by atoms with Crippen molar-refractivity contribution in [3.05, 3.63) is 23.9 Å². The van der Waals surface area contributed by atoms with Crippen LogP contribution in [0.5, 0.6) is 0 Å². The van der Waals surface area contributed by atoms with Gasteiger partial charge in [-0.15, -0.1) is 0 Å². The number of carbonyl (C=O) groups excluding carboxylic acids is 1. The minimum atomic E-state index is -0.488. The molecule has 1 heterocycles. The quantitative estimate of drug-likeness (QED) is 0.712. The summed E-state index contributed by atoms with van der Waals surface area (Å²) in [6.07, 6.45) is 1.39. The Balaban J connectivity index is 2.48. The number of amides is 1. The van der Waals surface area contributed by atoms with Crippen LogP contribution in [0.2, 0.25) is 0 Å². The zero-order chi connectivity index (χ0) is 12.7. The number of primary amides is 1. The SMILES string of the molecule is COCC(CNc1ccc(C(N)=O)cn1)OC. The number of nitrogens with one attached hydrogen (secondary N) is 1. The van der Waals surface area contributed by atoms with Crippen LogP contribution in [-0.2, 0) is 9.47 Å². The first kappa shape index (κ1) is 13.4. The molecule has 0 spiro atoms. The molecule has 1 aromatic heterocycles. The van der Waals surface area contributed by atoms with Crippen LogP contribution in [-0.4, -0.2) is 44.4 Å². The lowest BCUT2D eigenvalue weighted by molar-refractivity contribution is 0.0365. The second-order valence-electron chi connectivity index (χ2n) is 3.49. The summed E-state index contributed by atoms with van der Waals surface area (Å²) in [6, 6.07) is 3.31. The number of pyridine rings is 1. The molecule has 1 aromatic rings. The highest BCUT2D eigenvalue weighted by Gasteiger charge is 2.07. The molecule has 6 heteroatoms. The average molecular weight is 239 g/mol. The van der Waals surface area contributed by atoms with Crippen LogP contribution in [0.3, 0.4) is 0 Å². The molecule has 1 amide bonds. The molecule has 17 heavy (non-hydrogen) atoms. The van der Waals surface area contributed by atoms with E-state index in [-0.39, 0.29) is 6.10 Å². The summed E-state index contributed by atoms with van der Waals surface area (Å²) < 4.78 is 10.2. The molecular formula is C11H17N3O3. The van der Waals surface area contributed by atoms with Crippen LogP contribution in [0.15, 0.2) is 18.3 Å². The Morgan fingerprint density at radius 1 is 1.53 bits per heavy atom. The zero-order valence-corrected chi connectivity index (χ0v) is 9.97. The van der Waals surface area contributed by atoms with Crippen molar-refractivity contribution in [1.29, 1.82) is 0 Å². The van der Waals surface area contributed by atoms with E-state index < -0.39 is 5.91 Å². The van der Waals surface area contributed by atoms with Gasteiger partial charge in [-0.1, -0.05) is 0 Å². The normalized spacial score (nSPS) is 12.1. The molecule has 6 nitrogen and oxygen atoms in total. The van der Waals surface area contributed by atoms with E-state index in [4.69, 9.17) is 15.2 Å². The Labute approximate surface area is 100 Å². The molecular weight excluding hydrogens is 222 g/mol. The number of anilines is 1. The first-order valence-electron chi connectivity index (χ1n) is 5.18. The summed E-state index contributed by atoms with van der Waals surface area (Å²) in [7, 11) is 3.24. The lowest BCUT2D eigenvalue weighted by Gasteiger charge is -2.15. The van der Waals surface area contributed by atoms with E-state index in [1.807, 2.05) is 0 Å². The Kier molecular flexibility index (Phi) is 5.38. The number of ether oxygens (including phenoxy) is 2. The fraction of sp³-hybridized carbons (Fsp3) is 0.455. The van der Waals surface area contributed by atoms with Gasteiger partial charge < -0.3 is 20.5 Å². The maximum absolute atomic E-state index is 10.8. The lowest BCUT2D eigenvalue weighted by Crippen LogP contribution is -2.26. The summed E-state index contributed by atoms with van der Waals surface area (Å²) >= 11 is 0. The summed E-state index contributed by atoms with van der Waals surface area (Å²) in [5.41, 5.74) is 5.50. The summed E-state index contributed by atoms with van der Waals surface area (Å²) in [4.78, 5) is 14.9. The number of hydrogen-bond donors (Lipinski definition) is 2. The molecule has 0 fully saturated rings. The number of carbonyl (C=O) groups is 1. The molecule has 3 N–H and O–H groups in total. The Morgan fingerprint density at radius 2 is 2.29 bits per heavy atom. The zero-order valence-electron chi connectivity index (χ0n) is 9.97. The topological polar surface area (TPSA) is 86.5 Å². The van der Waals surface area contributed by atoms with Crippen molar-refractivity contribution >= 4 is 11.7 Å². The van der Waals surface area contributed by atoms with Crippen LogP contribution in [0.4, 0.5) is 5.82 Å². The molecule has 1 rings (SSSR count). The van der Waals surface area contributed by atoms with Crippen molar-refractivity contribution in [3.63, 3.8) is 0 Å². The predicted molar refractivity (Wildman–Crippen MR) is 63.9 cm³/mol. The monoisotopic (exact) mass is 239 g/mol. The van der Waals surface area contributed by atoms with Crippen LogP contribution >= 0.6 is 0 Å². The molecule has 0 bridgehead atoms. The molecule has 0 aromatic carbocycles. The van der Waals surface area contributed by atoms with E-state index in [2.05, 4.69) is 10.3 Å². The van der Waals surface area contributed by atoms with Gasteiger partial charge in [-0.3, -0.25) is 4.79 Å². The fourth-order valence-electron chi connectivity index (χ4n) is 1.26. The highest BCUT2D eigenvalue weighted by atomic mass is 16.5. The third-order valence-electron chi connectivity index (χ3n) is 2.24. The van der Waals surface area contributed by atoms with Gasteiger partial charge in [0.2, 0.25) is 5.91 Å². The van der Waals surface area contributed by atoms with Crippen molar-refractivity contribution in [1.82, 2.24) is 4.98 Å². The maximum Gasteiger partial charge on any atom is 0.250 e. The molecule has 0 aliphatic heterocycles. The van der Waals surface area contributed by atoms with Crippen LogP contribution < -0.4 is 11.1 Å². The van der Waals surface area contributed by atoms with Crippen LogP contribution in [0.25, 0.3) is 0 Å². The molecule has 0 saturated carbocycles. The predicted octanol–water partition coefficient (Wildman–Crippen LogP) is 0.254. The van der Waals surface area contributed by atoms with Gasteiger partial charge in [0.1, 0.15) is 5.82 Å². The first-order valence-corrected chi connectivity index (χ1v) is 5.18. The highest BCUT2D eigenvalue weighted by Crippen LogP contribution is 2.05. The van der Waals surface area contributed by atoms with Gasteiger partial charge in [0.15, 0.2) is 0 Å². The van der Waals surface area contributed by atoms with Gasteiger partial charge in [-0.25, -0.2) is 4.98 Å². The Hall–Kier alpha value is -1.66. The second kappa shape index (κ2) is 6.82. The first-order chi connectivity index (χ1) is 8.17. The molecule has 0 radical (unpaired) electrons. The van der Waals surface area contributed by atoms with E-state index in [0.717, 1.165) is 0 Å². The highest BCUT2D eigenvalue weighted by molar-refractivity contribution is 5.92. The minimum absolute atomic E-state index is 0.0439. The Morgan fingerprint density at radius 3 is 2.76 bits per heavy atom. The van der Waals surface area contributed by atoms with Crippen LogP contribution in [0.1, 0.15) is 10.4 Å². The number of methoxy groups -OCH3 is 2. The molecule has 0 saturated heterocycles. The van der Waals surface area contributed by atoms with E-state index in [1.165, 1.54) is 6.20 Å². The summed E-state index contributed by atoms with van der Waals surface area (Å²) in [6.45, 7) is 1.08. The van der Waals surface area contributed by atoms with Gasteiger partial charge >= 0.3 is 0 Å². The molecule has 1 unspecified atom stereocenters. The summed E-state index contributed by atoms with van der Waals surface area (Å²) in [5.74, 6) is 0.173. The molecule has 0 aliphatic rings.